The molecule has 3 atom stereocenters. The van der Waals surface area contributed by atoms with E-state index in [0.29, 0.717) is 6.61 Å². The quantitative estimate of drug-likeness (QED) is 0.572. The third-order valence-electron chi connectivity index (χ3n) is 7.29. The lowest BCUT2D eigenvalue weighted by atomic mass is 9.95. The molecule has 0 bridgehead atoms. The second-order valence-electron chi connectivity index (χ2n) is 9.43. The number of carbonyl (C=O) groups is 2. The first kappa shape index (κ1) is 23.4. The molecule has 1 fully saturated rings. The fourth-order valence-electron chi connectivity index (χ4n) is 5.52. The first-order valence-electron chi connectivity index (χ1n) is 12.2. The Hall–Kier alpha value is -3.39. The number of amides is 1. The average Bonchev–Trinajstić information content (AvgIpc) is 3.26. The summed E-state index contributed by atoms with van der Waals surface area (Å²) in [6.45, 7) is 3.33. The second-order valence-corrected chi connectivity index (χ2v) is 9.43. The van der Waals surface area contributed by atoms with Crippen LogP contribution in [-0.2, 0) is 27.1 Å². The topological polar surface area (TPSA) is 93.9 Å². The van der Waals surface area contributed by atoms with Crippen LogP contribution in [0.15, 0.2) is 42.5 Å². The summed E-state index contributed by atoms with van der Waals surface area (Å²) in [5.74, 6) is -0.843. The van der Waals surface area contributed by atoms with Gasteiger partial charge in [0.05, 0.1) is 42.4 Å². The zero-order chi connectivity index (χ0) is 24.5. The number of aliphatic carboxylic acids is 1. The number of aromatic nitrogens is 2. The number of anilines is 1. The van der Waals surface area contributed by atoms with Gasteiger partial charge in [0.25, 0.3) is 0 Å². The predicted molar refractivity (Wildman–Crippen MR) is 132 cm³/mol. The summed E-state index contributed by atoms with van der Waals surface area (Å²) < 4.78 is 13.1. The number of ether oxygens (including phenoxy) is 2. The minimum Gasteiger partial charge on any atom is -0.481 e. The molecule has 2 aliphatic rings. The van der Waals surface area contributed by atoms with Crippen LogP contribution in [0, 0.1) is 0 Å². The lowest BCUT2D eigenvalue weighted by molar-refractivity contribution is -0.138. The SMILES string of the molecule is COC(=O)N1c2ccc3c(nc(CC(C(=O)O)c4ccccc4)n3[C@@H]3CCCOC3)c2CC[C@@H]1C. The number of imidazole rings is 1. The van der Waals surface area contributed by atoms with Gasteiger partial charge < -0.3 is 19.1 Å². The van der Waals surface area contributed by atoms with E-state index in [1.54, 1.807) is 4.90 Å². The van der Waals surface area contributed by atoms with Crippen LogP contribution in [0.25, 0.3) is 11.0 Å². The Morgan fingerprint density at radius 1 is 1.20 bits per heavy atom. The highest BCUT2D eigenvalue weighted by Crippen LogP contribution is 2.39. The second kappa shape index (κ2) is 9.70. The number of hydrogen-bond acceptors (Lipinski definition) is 5. The molecule has 3 aromatic rings. The van der Waals surface area contributed by atoms with E-state index in [4.69, 9.17) is 14.5 Å². The molecule has 3 heterocycles. The van der Waals surface area contributed by atoms with E-state index in [9.17, 15) is 14.7 Å². The number of aryl methyl sites for hydroxylation is 1. The fourth-order valence-corrected chi connectivity index (χ4v) is 5.52. The zero-order valence-corrected chi connectivity index (χ0v) is 20.1. The normalized spacial score (nSPS) is 20.9. The molecular weight excluding hydrogens is 446 g/mol. The molecule has 2 aliphatic heterocycles. The van der Waals surface area contributed by atoms with Crippen LogP contribution in [0.1, 0.15) is 55.1 Å². The maximum Gasteiger partial charge on any atom is 0.414 e. The summed E-state index contributed by atoms with van der Waals surface area (Å²) in [6, 6.07) is 13.4. The van der Waals surface area contributed by atoms with Crippen molar-refractivity contribution >= 4 is 28.8 Å². The van der Waals surface area contributed by atoms with Crippen molar-refractivity contribution in [2.75, 3.05) is 25.2 Å². The molecule has 1 aromatic heterocycles. The Labute approximate surface area is 204 Å². The molecule has 8 nitrogen and oxygen atoms in total. The molecule has 8 heteroatoms. The molecule has 5 rings (SSSR count). The van der Waals surface area contributed by atoms with Crippen molar-refractivity contribution in [3.8, 4) is 0 Å². The molecule has 1 N–H and O–H groups in total. The smallest absolute Gasteiger partial charge is 0.414 e. The molecule has 0 spiro atoms. The average molecular weight is 478 g/mol. The van der Waals surface area contributed by atoms with E-state index in [1.165, 1.54) is 7.11 Å². The first-order valence-corrected chi connectivity index (χ1v) is 12.2. The molecule has 0 aliphatic carbocycles. The summed E-state index contributed by atoms with van der Waals surface area (Å²) >= 11 is 0. The van der Waals surface area contributed by atoms with Gasteiger partial charge in [0.15, 0.2) is 0 Å². The van der Waals surface area contributed by atoms with Crippen LogP contribution in [0.2, 0.25) is 0 Å². The third kappa shape index (κ3) is 4.27. The van der Waals surface area contributed by atoms with E-state index in [-0.39, 0.29) is 24.6 Å². The van der Waals surface area contributed by atoms with Crippen molar-refractivity contribution in [1.82, 2.24) is 9.55 Å². The first-order chi connectivity index (χ1) is 17.0. The summed E-state index contributed by atoms with van der Waals surface area (Å²) in [5, 5.41) is 10.1. The van der Waals surface area contributed by atoms with Crippen LogP contribution < -0.4 is 4.90 Å². The lowest BCUT2D eigenvalue weighted by Crippen LogP contribution is -2.42. The van der Waals surface area contributed by atoms with E-state index in [0.717, 1.165) is 66.0 Å². The molecule has 1 amide bonds. The van der Waals surface area contributed by atoms with E-state index in [2.05, 4.69) is 4.57 Å². The highest BCUT2D eigenvalue weighted by molar-refractivity contribution is 5.95. The monoisotopic (exact) mass is 477 g/mol. The van der Waals surface area contributed by atoms with Crippen molar-refractivity contribution in [2.24, 2.45) is 0 Å². The van der Waals surface area contributed by atoms with Crippen LogP contribution in [0.5, 0.6) is 0 Å². The molecule has 2 aromatic carbocycles. The highest BCUT2D eigenvalue weighted by Gasteiger charge is 2.33. The van der Waals surface area contributed by atoms with Crippen LogP contribution in [0.3, 0.4) is 0 Å². The number of fused-ring (bicyclic) bond motifs is 3. The molecule has 1 unspecified atom stereocenters. The van der Waals surface area contributed by atoms with Crippen LogP contribution in [0.4, 0.5) is 10.5 Å². The largest absolute Gasteiger partial charge is 0.481 e. The predicted octanol–water partition coefficient (Wildman–Crippen LogP) is 4.71. The number of carboxylic acids is 1. The number of rotatable bonds is 5. The van der Waals surface area contributed by atoms with E-state index < -0.39 is 11.9 Å². The van der Waals surface area contributed by atoms with Gasteiger partial charge in [0, 0.05) is 24.6 Å². The van der Waals surface area contributed by atoms with Crippen molar-refractivity contribution in [3.63, 3.8) is 0 Å². The molecule has 0 saturated carbocycles. The Bertz CT molecular complexity index is 1230. The van der Waals surface area contributed by atoms with Crippen molar-refractivity contribution in [1.29, 1.82) is 0 Å². The summed E-state index contributed by atoms with van der Waals surface area (Å²) in [4.78, 5) is 31.6. The summed E-state index contributed by atoms with van der Waals surface area (Å²) in [5.41, 5.74) is 4.38. The van der Waals surface area contributed by atoms with E-state index in [1.807, 2.05) is 49.4 Å². The Morgan fingerprint density at radius 3 is 2.69 bits per heavy atom. The van der Waals surface area contributed by atoms with Gasteiger partial charge in [-0.2, -0.15) is 0 Å². The Balaban J connectivity index is 1.65. The van der Waals surface area contributed by atoms with Crippen LogP contribution in [-0.4, -0.2) is 53.1 Å². The fraction of sp³-hybridized carbons (Fsp3) is 0.444. The summed E-state index contributed by atoms with van der Waals surface area (Å²) in [6.07, 6.45) is 3.38. The molecule has 0 radical (unpaired) electrons. The maximum atomic E-state index is 12.6. The number of carbonyl (C=O) groups excluding carboxylic acids is 1. The minimum atomic E-state index is -0.873. The third-order valence-corrected chi connectivity index (χ3v) is 7.29. The van der Waals surface area contributed by atoms with Gasteiger partial charge in [-0.15, -0.1) is 0 Å². The maximum absolute atomic E-state index is 12.6. The minimum absolute atomic E-state index is 0.0233. The lowest BCUT2D eigenvalue weighted by Gasteiger charge is -2.34. The number of carboxylic acid groups (broad SMARTS) is 1. The molecular formula is C27H31N3O5. The van der Waals surface area contributed by atoms with Crippen molar-refractivity contribution in [3.05, 3.63) is 59.4 Å². The standard InChI is InChI=1S/C27H31N3O5/c1-17-10-11-20-22(29(17)27(33)34-2)12-13-23-25(20)28-24(30(23)19-9-6-14-35-16-19)15-21(26(31)32)18-7-4-3-5-8-18/h3-5,7-8,12-13,17,19,21H,6,9-11,14-16H2,1-2H3,(H,31,32)/t17-,19+,21?/m0/s1. The van der Waals surface area contributed by atoms with E-state index >= 15 is 0 Å². The van der Waals surface area contributed by atoms with Gasteiger partial charge in [-0.25, -0.2) is 9.78 Å². The molecule has 35 heavy (non-hydrogen) atoms. The van der Waals surface area contributed by atoms with Gasteiger partial charge in [0.2, 0.25) is 0 Å². The zero-order valence-electron chi connectivity index (χ0n) is 20.1. The summed E-state index contributed by atoms with van der Waals surface area (Å²) in [7, 11) is 1.40. The van der Waals surface area contributed by atoms with Gasteiger partial charge >= 0.3 is 12.1 Å². The van der Waals surface area contributed by atoms with Crippen molar-refractivity contribution < 1.29 is 24.2 Å². The number of nitrogens with zero attached hydrogens (tertiary/aromatic N) is 3. The van der Waals surface area contributed by atoms with Crippen LogP contribution >= 0.6 is 0 Å². The molecule has 184 valence electrons. The Morgan fingerprint density at radius 2 is 2.00 bits per heavy atom. The number of hydrogen-bond donors (Lipinski definition) is 1. The van der Waals surface area contributed by atoms with Gasteiger partial charge in [0.1, 0.15) is 5.82 Å². The number of methoxy groups -OCH3 is 1. The molecule has 1 saturated heterocycles. The number of benzene rings is 2. The van der Waals surface area contributed by atoms with Gasteiger partial charge in [-0.3, -0.25) is 9.69 Å². The van der Waals surface area contributed by atoms with Gasteiger partial charge in [-0.05, 0) is 50.3 Å². The Kier molecular flexibility index (Phi) is 6.47. The van der Waals surface area contributed by atoms with Crippen molar-refractivity contribution in [2.45, 2.75) is 57.0 Å². The highest BCUT2D eigenvalue weighted by atomic mass is 16.5. The van der Waals surface area contributed by atoms with Gasteiger partial charge in [-0.1, -0.05) is 30.3 Å².